The Morgan fingerprint density at radius 1 is 1.00 bits per heavy atom. The summed E-state index contributed by atoms with van der Waals surface area (Å²) in [6, 6.07) is 18.3. The van der Waals surface area contributed by atoms with Gasteiger partial charge in [0.2, 0.25) is 5.91 Å². The second kappa shape index (κ2) is 10.2. The molecule has 0 spiro atoms. The van der Waals surface area contributed by atoms with E-state index in [0.717, 1.165) is 22.3 Å². The van der Waals surface area contributed by atoms with Gasteiger partial charge < -0.3 is 20.5 Å². The summed E-state index contributed by atoms with van der Waals surface area (Å²) in [6.45, 7) is 2.12. The molecule has 0 bridgehead atoms. The van der Waals surface area contributed by atoms with E-state index in [1.807, 2.05) is 36.4 Å². The molecule has 3 N–H and O–H groups in total. The molecule has 1 heterocycles. The molecule has 1 aliphatic carbocycles. The Kier molecular flexibility index (Phi) is 6.87. The van der Waals surface area contributed by atoms with Crippen molar-refractivity contribution in [1.29, 1.82) is 0 Å². The zero-order valence-electron chi connectivity index (χ0n) is 18.7. The lowest BCUT2D eigenvalue weighted by Crippen LogP contribution is -2.46. The van der Waals surface area contributed by atoms with E-state index in [9.17, 15) is 14.4 Å². The number of alkyl carbamates (subject to hydrolysis) is 1. The zero-order chi connectivity index (χ0) is 24.1. The standard InChI is InChI=1S/C26H25N3O5/c1-2-22(24(30)28-14-16-11-12-23(25(31)32)27-13-16)29-26(33)34-15-21-19-9-5-3-7-17(19)18-8-4-6-10-20(18)21/h3-13,21-22H,2,14-15H2,1H3,(H,28,30)(H,29,33)(H,31,32). The topological polar surface area (TPSA) is 118 Å². The smallest absolute Gasteiger partial charge is 0.407 e. The van der Waals surface area contributed by atoms with Crippen LogP contribution in [0.5, 0.6) is 0 Å². The van der Waals surface area contributed by atoms with Gasteiger partial charge in [0.25, 0.3) is 0 Å². The molecule has 1 atom stereocenters. The highest BCUT2D eigenvalue weighted by molar-refractivity contribution is 5.86. The molecule has 0 fully saturated rings. The van der Waals surface area contributed by atoms with Crippen LogP contribution in [0.15, 0.2) is 66.9 Å². The third-order valence-corrected chi connectivity index (χ3v) is 5.87. The third kappa shape index (κ3) is 4.91. The highest BCUT2D eigenvalue weighted by Gasteiger charge is 2.29. The highest BCUT2D eigenvalue weighted by Crippen LogP contribution is 2.44. The number of fused-ring (bicyclic) bond motifs is 3. The largest absolute Gasteiger partial charge is 0.477 e. The highest BCUT2D eigenvalue weighted by atomic mass is 16.5. The predicted molar refractivity (Wildman–Crippen MR) is 125 cm³/mol. The van der Waals surface area contributed by atoms with Crippen molar-refractivity contribution < 1.29 is 24.2 Å². The van der Waals surface area contributed by atoms with E-state index in [4.69, 9.17) is 9.84 Å². The summed E-state index contributed by atoms with van der Waals surface area (Å²) in [4.78, 5) is 39.8. The number of benzene rings is 2. The van der Waals surface area contributed by atoms with Crippen molar-refractivity contribution in [1.82, 2.24) is 15.6 Å². The van der Waals surface area contributed by atoms with Crippen LogP contribution in [0.3, 0.4) is 0 Å². The van der Waals surface area contributed by atoms with Crippen molar-refractivity contribution in [3.63, 3.8) is 0 Å². The maximum absolute atomic E-state index is 12.6. The lowest BCUT2D eigenvalue weighted by Gasteiger charge is -2.18. The lowest BCUT2D eigenvalue weighted by atomic mass is 9.98. The molecule has 34 heavy (non-hydrogen) atoms. The molecule has 4 rings (SSSR count). The van der Waals surface area contributed by atoms with Gasteiger partial charge in [-0.05, 0) is 40.3 Å². The van der Waals surface area contributed by atoms with E-state index >= 15 is 0 Å². The van der Waals surface area contributed by atoms with Crippen LogP contribution < -0.4 is 10.6 Å². The van der Waals surface area contributed by atoms with Gasteiger partial charge in [-0.2, -0.15) is 0 Å². The first kappa shape index (κ1) is 23.0. The normalized spacial score (nSPS) is 12.9. The molecular formula is C26H25N3O5. The number of carbonyl (C=O) groups is 3. The minimum Gasteiger partial charge on any atom is -0.477 e. The fourth-order valence-electron chi connectivity index (χ4n) is 4.10. The number of hydrogen-bond acceptors (Lipinski definition) is 5. The summed E-state index contributed by atoms with van der Waals surface area (Å²) in [5.74, 6) is -1.54. The van der Waals surface area contributed by atoms with Gasteiger partial charge in [-0.1, -0.05) is 61.5 Å². The van der Waals surface area contributed by atoms with Gasteiger partial charge in [-0.15, -0.1) is 0 Å². The molecule has 8 heteroatoms. The van der Waals surface area contributed by atoms with Crippen LogP contribution >= 0.6 is 0 Å². The van der Waals surface area contributed by atoms with Crippen molar-refractivity contribution >= 4 is 18.0 Å². The maximum Gasteiger partial charge on any atom is 0.407 e. The number of carboxylic acids is 1. The van der Waals surface area contributed by atoms with Crippen molar-refractivity contribution in [2.45, 2.75) is 31.8 Å². The Morgan fingerprint density at radius 3 is 2.21 bits per heavy atom. The first-order chi connectivity index (χ1) is 16.5. The van der Waals surface area contributed by atoms with Gasteiger partial charge in [0, 0.05) is 18.7 Å². The second-order valence-electron chi connectivity index (χ2n) is 8.01. The molecular weight excluding hydrogens is 434 g/mol. The second-order valence-corrected chi connectivity index (χ2v) is 8.01. The number of aromatic nitrogens is 1. The molecule has 8 nitrogen and oxygen atoms in total. The molecule has 1 unspecified atom stereocenters. The SMILES string of the molecule is CCC(NC(=O)OCC1c2ccccc2-c2ccccc21)C(=O)NCc1ccc(C(=O)O)nc1. The minimum absolute atomic E-state index is 0.0617. The Balaban J connectivity index is 1.32. The minimum atomic E-state index is -1.12. The van der Waals surface area contributed by atoms with Crippen LogP contribution in [-0.2, 0) is 16.1 Å². The predicted octanol–water partition coefficient (Wildman–Crippen LogP) is 3.71. The number of pyridine rings is 1. The number of ether oxygens (including phenoxy) is 1. The quantitative estimate of drug-likeness (QED) is 0.473. The number of amides is 2. The summed E-state index contributed by atoms with van der Waals surface area (Å²) in [6.07, 6.45) is 1.12. The number of rotatable bonds is 8. The monoisotopic (exact) mass is 459 g/mol. The third-order valence-electron chi connectivity index (χ3n) is 5.87. The summed E-state index contributed by atoms with van der Waals surface area (Å²) in [5.41, 5.74) is 5.09. The lowest BCUT2D eigenvalue weighted by molar-refractivity contribution is -0.123. The number of hydrogen-bond donors (Lipinski definition) is 3. The molecule has 174 valence electrons. The van der Waals surface area contributed by atoms with Crippen molar-refractivity contribution in [2.24, 2.45) is 0 Å². The van der Waals surface area contributed by atoms with Crippen molar-refractivity contribution in [3.05, 3.63) is 89.2 Å². The summed E-state index contributed by atoms with van der Waals surface area (Å²) in [7, 11) is 0. The summed E-state index contributed by atoms with van der Waals surface area (Å²) >= 11 is 0. The number of nitrogens with zero attached hydrogens (tertiary/aromatic N) is 1. The van der Waals surface area contributed by atoms with Crippen LogP contribution in [0.2, 0.25) is 0 Å². The maximum atomic E-state index is 12.6. The van der Waals surface area contributed by atoms with Crippen LogP contribution in [0.1, 0.15) is 46.4 Å². The van der Waals surface area contributed by atoms with E-state index < -0.39 is 18.1 Å². The average Bonchev–Trinajstić information content (AvgIpc) is 3.18. The van der Waals surface area contributed by atoms with Crippen LogP contribution in [0, 0.1) is 0 Å². The molecule has 1 aliphatic rings. The summed E-state index contributed by atoms with van der Waals surface area (Å²) in [5, 5.41) is 14.3. The zero-order valence-corrected chi connectivity index (χ0v) is 18.7. The number of nitrogens with one attached hydrogen (secondary N) is 2. The van der Waals surface area contributed by atoms with Gasteiger partial charge >= 0.3 is 12.1 Å². The number of carboxylic acid groups (broad SMARTS) is 1. The van der Waals surface area contributed by atoms with Crippen molar-refractivity contribution in [3.8, 4) is 11.1 Å². The number of aromatic carboxylic acids is 1. The molecule has 1 aromatic heterocycles. The molecule has 3 aromatic rings. The fraction of sp³-hybridized carbons (Fsp3) is 0.231. The number of carbonyl (C=O) groups excluding carboxylic acids is 2. The Bertz CT molecular complexity index is 1160. The van der Waals surface area contributed by atoms with Gasteiger partial charge in [0.05, 0.1) is 0 Å². The first-order valence-corrected chi connectivity index (χ1v) is 11.1. The molecule has 2 aromatic carbocycles. The van der Waals surface area contributed by atoms with E-state index in [2.05, 4.69) is 27.8 Å². The van der Waals surface area contributed by atoms with Gasteiger partial charge in [0.15, 0.2) is 0 Å². The van der Waals surface area contributed by atoms with Gasteiger partial charge in [0.1, 0.15) is 18.3 Å². The molecule has 0 radical (unpaired) electrons. The van der Waals surface area contributed by atoms with Crippen LogP contribution in [0.25, 0.3) is 11.1 Å². The molecule has 0 saturated heterocycles. The Hall–Kier alpha value is -4.20. The van der Waals surface area contributed by atoms with Crippen molar-refractivity contribution in [2.75, 3.05) is 6.61 Å². The van der Waals surface area contributed by atoms with E-state index in [-0.39, 0.29) is 30.7 Å². The average molecular weight is 460 g/mol. The van der Waals surface area contributed by atoms with Crippen LogP contribution in [0.4, 0.5) is 4.79 Å². The van der Waals surface area contributed by atoms with Crippen LogP contribution in [-0.4, -0.2) is 40.7 Å². The molecule has 2 amide bonds. The fourth-order valence-corrected chi connectivity index (χ4v) is 4.10. The Labute approximate surface area is 197 Å². The van der Waals surface area contributed by atoms with E-state index in [1.165, 1.54) is 12.3 Å². The Morgan fingerprint density at radius 2 is 1.65 bits per heavy atom. The molecule has 0 saturated carbocycles. The van der Waals surface area contributed by atoms with E-state index in [0.29, 0.717) is 12.0 Å². The van der Waals surface area contributed by atoms with E-state index in [1.54, 1.807) is 13.0 Å². The summed E-state index contributed by atoms with van der Waals surface area (Å²) < 4.78 is 5.52. The van der Waals surface area contributed by atoms with Gasteiger partial charge in [-0.3, -0.25) is 4.79 Å². The molecule has 0 aliphatic heterocycles. The first-order valence-electron chi connectivity index (χ1n) is 11.1. The van der Waals surface area contributed by atoms with Gasteiger partial charge in [-0.25, -0.2) is 14.6 Å².